The van der Waals surface area contributed by atoms with Gasteiger partial charge in [-0.3, -0.25) is 4.79 Å². The highest BCUT2D eigenvalue weighted by Crippen LogP contribution is 2.56. The molecular weight excluding hydrogens is 323 g/mol. The van der Waals surface area contributed by atoms with Gasteiger partial charge in [0.15, 0.2) is 5.78 Å². The first-order chi connectivity index (χ1) is 12.3. The van der Waals surface area contributed by atoms with Crippen LogP contribution in [0.1, 0.15) is 80.7 Å². The van der Waals surface area contributed by atoms with Gasteiger partial charge < -0.3 is 0 Å². The van der Waals surface area contributed by atoms with Gasteiger partial charge in [-0.15, -0.1) is 8.19 Å². The highest BCUT2D eigenvalue weighted by molar-refractivity contribution is 7.31. The Morgan fingerprint density at radius 1 is 0.800 bits per heavy atom. The average molecular weight is 356 g/mol. The molecule has 2 heteroatoms. The zero-order valence-electron chi connectivity index (χ0n) is 15.5. The van der Waals surface area contributed by atoms with Crippen molar-refractivity contribution in [3.63, 3.8) is 0 Å². The van der Waals surface area contributed by atoms with E-state index in [1.807, 2.05) is 0 Å². The zero-order valence-corrected chi connectivity index (χ0v) is 16.5. The van der Waals surface area contributed by atoms with Gasteiger partial charge >= 0.3 is 0 Å². The number of hydrogen-bond donors (Lipinski definition) is 0. The summed E-state index contributed by atoms with van der Waals surface area (Å²) in [4.78, 5) is 13.1. The van der Waals surface area contributed by atoms with Crippen molar-refractivity contribution >= 4 is 14.0 Å². The Labute approximate surface area is 154 Å². The molecule has 136 valence electrons. The van der Waals surface area contributed by atoms with E-state index in [1.165, 1.54) is 70.6 Å². The fraction of sp³-hybridized carbons (Fsp3) is 0.783. The van der Waals surface area contributed by atoms with Crippen molar-refractivity contribution in [2.24, 2.45) is 41.4 Å². The summed E-state index contributed by atoms with van der Waals surface area (Å²) < 4.78 is 0. The highest BCUT2D eigenvalue weighted by Gasteiger charge is 2.48. The molecule has 0 amide bonds. The van der Waals surface area contributed by atoms with Crippen molar-refractivity contribution in [3.05, 3.63) is 23.2 Å². The van der Waals surface area contributed by atoms with E-state index >= 15 is 0 Å². The lowest BCUT2D eigenvalue weighted by molar-refractivity contribution is -0.0188. The Kier molecular flexibility index (Phi) is 4.57. The van der Waals surface area contributed by atoms with Gasteiger partial charge in [-0.1, -0.05) is 44.6 Å². The first kappa shape index (κ1) is 16.6. The maximum atomic E-state index is 13.1. The molecule has 1 heterocycles. The third-order valence-corrected chi connectivity index (χ3v) is 9.62. The smallest absolute Gasteiger partial charge is 0.169 e. The van der Waals surface area contributed by atoms with Crippen LogP contribution in [-0.2, 0) is 0 Å². The summed E-state index contributed by atoms with van der Waals surface area (Å²) in [5.74, 6) is 8.70. The highest BCUT2D eigenvalue weighted by atomic mass is 31.0. The lowest BCUT2D eigenvalue weighted by Crippen LogP contribution is -2.44. The van der Waals surface area contributed by atoms with Crippen molar-refractivity contribution in [1.29, 1.82) is 0 Å². The Morgan fingerprint density at radius 2 is 1.48 bits per heavy atom. The SMILES string of the molecule is O=C(c1ccc[pH]1)C1CCCC2CC3CC4CCCCC4CC3CC21. The van der Waals surface area contributed by atoms with Crippen molar-refractivity contribution in [3.8, 4) is 0 Å². The molecule has 4 saturated carbocycles. The summed E-state index contributed by atoms with van der Waals surface area (Å²) in [5, 5.41) is 1.13. The minimum atomic E-state index is 0.363. The Hall–Kier alpha value is -0.550. The minimum Gasteiger partial charge on any atom is -0.294 e. The van der Waals surface area contributed by atoms with Crippen LogP contribution in [0.25, 0.3) is 0 Å². The Bertz CT molecular complexity index is 606. The number of Topliss-reactive ketones (excluding diaryl/α,β-unsaturated/α-hetero) is 1. The van der Waals surface area contributed by atoms with Gasteiger partial charge in [-0.05, 0) is 79.5 Å². The molecular formula is C23H33OP. The predicted octanol–water partition coefficient (Wildman–Crippen LogP) is 6.56. The normalized spacial score (nSPS) is 43.9. The molecule has 8 atom stereocenters. The molecule has 0 aliphatic heterocycles. The number of hydrogen-bond acceptors (Lipinski definition) is 1. The largest absolute Gasteiger partial charge is 0.294 e. The molecule has 1 nitrogen and oxygen atoms in total. The molecule has 8 unspecified atom stereocenters. The van der Waals surface area contributed by atoms with Gasteiger partial charge in [0.05, 0.1) is 0 Å². The van der Waals surface area contributed by atoms with E-state index in [1.54, 1.807) is 0 Å². The summed E-state index contributed by atoms with van der Waals surface area (Å²) in [6.45, 7) is 0. The van der Waals surface area contributed by atoms with E-state index in [-0.39, 0.29) is 0 Å². The summed E-state index contributed by atoms with van der Waals surface area (Å²) in [5.41, 5.74) is 0. The van der Waals surface area contributed by atoms with Crippen LogP contribution in [0.5, 0.6) is 0 Å². The quantitative estimate of drug-likeness (QED) is 0.548. The van der Waals surface area contributed by atoms with E-state index in [4.69, 9.17) is 0 Å². The number of rotatable bonds is 2. The van der Waals surface area contributed by atoms with Crippen LogP contribution in [0.2, 0.25) is 0 Å². The molecule has 4 aliphatic carbocycles. The molecule has 0 N–H and O–H groups in total. The number of fused-ring (bicyclic) bond motifs is 3. The van der Waals surface area contributed by atoms with Crippen LogP contribution in [-0.4, -0.2) is 5.78 Å². The standard InChI is InChI=1S/C23H33OP/c24-23(22-9-4-10-25-22)20-8-3-7-17-13-18-11-15-5-1-2-6-16(15)12-19(18)14-21(17)20/h4,9-10,15-21,25H,1-3,5-8,11-14H2. The molecule has 4 aliphatic rings. The molecule has 1 aromatic heterocycles. The summed E-state index contributed by atoms with van der Waals surface area (Å²) >= 11 is 0. The number of carbonyl (C=O) groups is 1. The van der Waals surface area contributed by atoms with Crippen LogP contribution in [0.3, 0.4) is 0 Å². The van der Waals surface area contributed by atoms with E-state index < -0.39 is 0 Å². The van der Waals surface area contributed by atoms with Gasteiger partial charge in [0.25, 0.3) is 0 Å². The molecule has 0 radical (unpaired) electrons. The molecule has 1 aromatic rings. The van der Waals surface area contributed by atoms with Gasteiger partial charge in [0.2, 0.25) is 0 Å². The molecule has 0 bridgehead atoms. The fourth-order valence-corrected chi connectivity index (χ4v) is 8.29. The first-order valence-corrected chi connectivity index (χ1v) is 12.0. The zero-order chi connectivity index (χ0) is 16.8. The summed E-state index contributed by atoms with van der Waals surface area (Å²) in [7, 11) is 0.638. The minimum absolute atomic E-state index is 0.363. The van der Waals surface area contributed by atoms with Crippen LogP contribution in [0.15, 0.2) is 17.9 Å². The molecule has 4 fully saturated rings. The maximum Gasteiger partial charge on any atom is 0.169 e. The Morgan fingerprint density at radius 3 is 2.20 bits per heavy atom. The van der Waals surface area contributed by atoms with Gasteiger partial charge in [-0.25, -0.2) is 0 Å². The van der Waals surface area contributed by atoms with E-state index in [9.17, 15) is 4.79 Å². The van der Waals surface area contributed by atoms with Gasteiger partial charge in [-0.2, -0.15) is 0 Å². The molecule has 0 saturated heterocycles. The third-order valence-electron chi connectivity index (χ3n) is 8.54. The second-order valence-electron chi connectivity index (χ2n) is 9.68. The van der Waals surface area contributed by atoms with Gasteiger partial charge in [0, 0.05) is 11.2 Å². The van der Waals surface area contributed by atoms with Crippen LogP contribution in [0, 0.1) is 41.4 Å². The van der Waals surface area contributed by atoms with Crippen LogP contribution in [0.4, 0.5) is 0 Å². The monoisotopic (exact) mass is 356 g/mol. The van der Waals surface area contributed by atoms with E-state index in [0.717, 1.165) is 34.9 Å². The van der Waals surface area contributed by atoms with Crippen LogP contribution >= 0.6 is 8.19 Å². The van der Waals surface area contributed by atoms with Crippen LogP contribution < -0.4 is 0 Å². The van der Waals surface area contributed by atoms with Crippen molar-refractivity contribution in [1.82, 2.24) is 0 Å². The fourth-order valence-electron chi connectivity index (χ4n) is 7.40. The predicted molar refractivity (Wildman–Crippen MR) is 105 cm³/mol. The molecule has 25 heavy (non-hydrogen) atoms. The topological polar surface area (TPSA) is 17.1 Å². The van der Waals surface area contributed by atoms with E-state index in [0.29, 0.717) is 25.8 Å². The van der Waals surface area contributed by atoms with Crippen molar-refractivity contribution < 1.29 is 4.79 Å². The summed E-state index contributed by atoms with van der Waals surface area (Å²) in [6.07, 6.45) is 15.8. The number of carbonyl (C=O) groups excluding carboxylic acids is 1. The molecule has 0 spiro atoms. The lowest BCUT2D eigenvalue weighted by Gasteiger charge is -2.52. The maximum absolute atomic E-state index is 13.1. The van der Waals surface area contributed by atoms with Crippen molar-refractivity contribution in [2.75, 3.05) is 0 Å². The third kappa shape index (κ3) is 3.05. The number of ketones is 1. The first-order valence-electron chi connectivity index (χ1n) is 11.0. The molecule has 0 aromatic carbocycles. The molecule has 5 rings (SSSR count). The summed E-state index contributed by atoms with van der Waals surface area (Å²) in [6, 6.07) is 4.19. The second kappa shape index (κ2) is 6.88. The second-order valence-corrected chi connectivity index (χ2v) is 10.8. The van der Waals surface area contributed by atoms with Crippen molar-refractivity contribution in [2.45, 2.75) is 70.6 Å². The van der Waals surface area contributed by atoms with Gasteiger partial charge in [0.1, 0.15) is 0 Å². The lowest BCUT2D eigenvalue weighted by atomic mass is 9.53. The average Bonchev–Trinajstić information content (AvgIpc) is 3.18. The Balaban J connectivity index is 1.34. The van der Waals surface area contributed by atoms with E-state index in [2.05, 4.69) is 17.9 Å².